The monoisotopic (exact) mass is 514 g/mol. The number of rotatable bonds is 9. The first-order valence-corrected chi connectivity index (χ1v) is 14.4. The predicted molar refractivity (Wildman–Crippen MR) is 154 cm³/mol. The van der Waals surface area contributed by atoms with Crippen molar-refractivity contribution in [3.8, 4) is 0 Å². The summed E-state index contributed by atoms with van der Waals surface area (Å²) in [6.07, 6.45) is 13.2. The number of carbonyl (C=O) groups is 2. The lowest BCUT2D eigenvalue weighted by Crippen LogP contribution is -2.24. The number of hydrogen-bond donors (Lipinski definition) is 2. The summed E-state index contributed by atoms with van der Waals surface area (Å²) in [5.74, 6) is 0.747. The second-order valence-electron chi connectivity index (χ2n) is 10.9. The van der Waals surface area contributed by atoms with Crippen LogP contribution in [0.4, 0.5) is 0 Å². The zero-order chi connectivity index (χ0) is 26.7. The molecule has 2 aromatic carbocycles. The van der Waals surface area contributed by atoms with Gasteiger partial charge in [0, 0.05) is 12.8 Å². The van der Waals surface area contributed by atoms with E-state index in [4.69, 9.17) is 0 Å². The van der Waals surface area contributed by atoms with Crippen molar-refractivity contribution in [1.82, 2.24) is 10.9 Å². The smallest absolute Gasteiger partial charge is 0.240 e. The van der Waals surface area contributed by atoms with Gasteiger partial charge in [-0.05, 0) is 73.6 Å². The molecule has 0 bridgehead atoms. The fraction of sp³-hybridized carbons (Fsp3) is 0.500. The summed E-state index contributed by atoms with van der Waals surface area (Å²) in [6, 6.07) is 17.0. The molecule has 2 N–H and O–H groups in total. The Kier molecular flexibility index (Phi) is 10.2. The van der Waals surface area contributed by atoms with Gasteiger partial charge in [0.1, 0.15) is 0 Å². The van der Waals surface area contributed by atoms with Crippen molar-refractivity contribution in [2.75, 3.05) is 0 Å². The van der Waals surface area contributed by atoms with E-state index < -0.39 is 0 Å². The van der Waals surface area contributed by atoms with Crippen LogP contribution in [-0.2, 0) is 9.59 Å². The Balaban J connectivity index is 1.19. The molecular weight excluding hydrogens is 472 g/mol. The Morgan fingerprint density at radius 1 is 0.605 bits per heavy atom. The van der Waals surface area contributed by atoms with E-state index >= 15 is 0 Å². The highest BCUT2D eigenvalue weighted by Gasteiger charge is 2.16. The number of nitrogens with one attached hydrogen (secondary N) is 2. The van der Waals surface area contributed by atoms with Gasteiger partial charge in [0.2, 0.25) is 11.8 Å². The molecule has 0 aromatic heterocycles. The van der Waals surface area contributed by atoms with E-state index in [0.29, 0.717) is 11.8 Å². The van der Waals surface area contributed by atoms with Crippen molar-refractivity contribution in [3.63, 3.8) is 0 Å². The molecule has 2 fully saturated rings. The van der Waals surface area contributed by atoms with Crippen LogP contribution in [0.25, 0.3) is 0 Å². The molecule has 0 radical (unpaired) electrons. The minimum absolute atomic E-state index is 0.0495. The molecule has 2 amide bonds. The number of nitrogens with zero attached hydrogens (tertiary/aromatic N) is 2. The second-order valence-corrected chi connectivity index (χ2v) is 10.9. The van der Waals surface area contributed by atoms with Crippen molar-refractivity contribution in [2.24, 2.45) is 10.2 Å². The van der Waals surface area contributed by atoms with E-state index in [0.717, 1.165) is 22.6 Å². The first-order valence-electron chi connectivity index (χ1n) is 14.4. The van der Waals surface area contributed by atoms with E-state index in [1.54, 1.807) is 0 Å². The van der Waals surface area contributed by atoms with Crippen LogP contribution in [-0.4, -0.2) is 23.2 Å². The van der Waals surface area contributed by atoms with Crippen LogP contribution in [0.1, 0.15) is 125 Å². The fourth-order valence-electron chi connectivity index (χ4n) is 5.63. The number of benzene rings is 2. The normalized spacial score (nSPS) is 17.7. The molecule has 0 saturated heterocycles. The largest absolute Gasteiger partial charge is 0.273 e. The summed E-state index contributed by atoms with van der Waals surface area (Å²) >= 11 is 0. The summed E-state index contributed by atoms with van der Waals surface area (Å²) < 4.78 is 0. The molecule has 6 nitrogen and oxygen atoms in total. The Morgan fingerprint density at radius 3 is 1.29 bits per heavy atom. The molecule has 0 aliphatic heterocycles. The lowest BCUT2D eigenvalue weighted by molar-refractivity contribution is -0.126. The molecule has 202 valence electrons. The van der Waals surface area contributed by atoms with Crippen molar-refractivity contribution >= 4 is 23.2 Å². The zero-order valence-electron chi connectivity index (χ0n) is 23.0. The van der Waals surface area contributed by atoms with Gasteiger partial charge in [0.15, 0.2) is 0 Å². The summed E-state index contributed by atoms with van der Waals surface area (Å²) in [5.41, 5.74) is 11.4. The van der Waals surface area contributed by atoms with Crippen LogP contribution < -0.4 is 10.9 Å². The lowest BCUT2D eigenvalue weighted by Gasteiger charge is -2.22. The predicted octanol–water partition coefficient (Wildman–Crippen LogP) is 6.94. The maximum atomic E-state index is 12.2. The molecule has 0 unspecified atom stereocenters. The van der Waals surface area contributed by atoms with E-state index in [2.05, 4.69) is 69.6 Å². The van der Waals surface area contributed by atoms with Gasteiger partial charge < -0.3 is 0 Å². The summed E-state index contributed by atoms with van der Waals surface area (Å²) in [5, 5.41) is 8.45. The van der Waals surface area contributed by atoms with Crippen molar-refractivity contribution in [1.29, 1.82) is 0 Å². The number of carbonyl (C=O) groups excluding carboxylic acids is 2. The topological polar surface area (TPSA) is 82.9 Å². The standard InChI is InChI=1S/C32H42N4O2/c1-23(25-13-17-29(18-14-25)27-9-5-3-6-10-27)33-35-31(37)21-22-32(38)36-34-24(2)26-15-19-30(20-16-26)28-11-7-4-8-12-28/h13-20,27-28H,3-12,21-22H2,1-2H3,(H,35,37)(H,36,38)/b33-23+,34-24+. The molecule has 2 aliphatic rings. The average molecular weight is 515 g/mol. The third-order valence-electron chi connectivity index (χ3n) is 8.09. The first kappa shape index (κ1) is 27.7. The maximum Gasteiger partial charge on any atom is 0.240 e. The Bertz CT molecular complexity index is 1030. The van der Waals surface area contributed by atoms with Gasteiger partial charge in [0.05, 0.1) is 11.4 Å². The minimum Gasteiger partial charge on any atom is -0.273 e. The quantitative estimate of drug-likeness (QED) is 0.281. The van der Waals surface area contributed by atoms with E-state index in [1.807, 2.05) is 13.8 Å². The highest BCUT2D eigenvalue weighted by Crippen LogP contribution is 2.33. The van der Waals surface area contributed by atoms with Gasteiger partial charge in [-0.15, -0.1) is 0 Å². The van der Waals surface area contributed by atoms with Crippen molar-refractivity contribution < 1.29 is 9.59 Å². The summed E-state index contributed by atoms with van der Waals surface area (Å²) in [4.78, 5) is 24.5. The molecule has 2 aromatic rings. The highest BCUT2D eigenvalue weighted by atomic mass is 16.2. The Morgan fingerprint density at radius 2 is 0.947 bits per heavy atom. The number of hydrogen-bond acceptors (Lipinski definition) is 4. The Labute approximate surface area is 227 Å². The average Bonchev–Trinajstić information content (AvgIpc) is 2.98. The Hall–Kier alpha value is -3.28. The first-order chi connectivity index (χ1) is 18.5. The fourth-order valence-corrected chi connectivity index (χ4v) is 5.63. The molecular formula is C32H42N4O2. The van der Waals surface area contributed by atoms with Crippen LogP contribution in [0.15, 0.2) is 58.7 Å². The summed E-state index contributed by atoms with van der Waals surface area (Å²) in [7, 11) is 0. The molecule has 0 atom stereocenters. The highest BCUT2D eigenvalue weighted by molar-refractivity contribution is 6.00. The second kappa shape index (κ2) is 14.0. The molecule has 2 aliphatic carbocycles. The SMILES string of the molecule is C/C(=N\NC(=O)CCC(=O)N/N=C(\C)c1ccc(C2CCCCC2)cc1)c1ccc(C2CCCCC2)cc1. The molecule has 38 heavy (non-hydrogen) atoms. The van der Waals surface area contributed by atoms with Crippen LogP contribution in [0.3, 0.4) is 0 Å². The van der Waals surface area contributed by atoms with Crippen molar-refractivity contribution in [2.45, 2.75) is 103 Å². The van der Waals surface area contributed by atoms with E-state index in [1.165, 1.54) is 75.3 Å². The van der Waals surface area contributed by atoms with Gasteiger partial charge in [-0.1, -0.05) is 87.1 Å². The van der Waals surface area contributed by atoms with Crippen LogP contribution in [0, 0.1) is 0 Å². The zero-order valence-corrected chi connectivity index (χ0v) is 23.0. The van der Waals surface area contributed by atoms with E-state index in [9.17, 15) is 9.59 Å². The maximum absolute atomic E-state index is 12.2. The van der Waals surface area contributed by atoms with Gasteiger partial charge in [-0.25, -0.2) is 10.9 Å². The van der Waals surface area contributed by atoms with Gasteiger partial charge >= 0.3 is 0 Å². The van der Waals surface area contributed by atoms with Crippen LogP contribution in [0.5, 0.6) is 0 Å². The molecule has 4 rings (SSSR count). The number of amides is 2. The van der Waals surface area contributed by atoms with Crippen molar-refractivity contribution in [3.05, 3.63) is 70.8 Å². The molecule has 0 heterocycles. The summed E-state index contributed by atoms with van der Waals surface area (Å²) in [6.45, 7) is 3.75. The van der Waals surface area contributed by atoms with Crippen LogP contribution in [0.2, 0.25) is 0 Å². The third-order valence-corrected chi connectivity index (χ3v) is 8.09. The van der Waals surface area contributed by atoms with Gasteiger partial charge in [-0.3, -0.25) is 9.59 Å². The number of hydrazone groups is 2. The minimum atomic E-state index is -0.294. The molecule has 6 heteroatoms. The molecule has 0 spiro atoms. The third kappa shape index (κ3) is 8.11. The van der Waals surface area contributed by atoms with Gasteiger partial charge in [0.25, 0.3) is 0 Å². The lowest BCUT2D eigenvalue weighted by atomic mass is 9.84. The van der Waals surface area contributed by atoms with Gasteiger partial charge in [-0.2, -0.15) is 10.2 Å². The van der Waals surface area contributed by atoms with Crippen LogP contribution >= 0.6 is 0 Å². The van der Waals surface area contributed by atoms with E-state index in [-0.39, 0.29) is 24.7 Å². The molecule has 2 saturated carbocycles.